The first-order chi connectivity index (χ1) is 15.0. The Morgan fingerprint density at radius 2 is 1.97 bits per heavy atom. The minimum atomic E-state index is -0.443. The van der Waals surface area contributed by atoms with Gasteiger partial charge >= 0.3 is 5.97 Å². The van der Waals surface area contributed by atoms with E-state index in [4.69, 9.17) is 4.74 Å². The third-order valence-electron chi connectivity index (χ3n) is 4.81. The Morgan fingerprint density at radius 3 is 2.71 bits per heavy atom. The Morgan fingerprint density at radius 1 is 1.19 bits per heavy atom. The highest BCUT2D eigenvalue weighted by Gasteiger charge is 2.24. The molecule has 0 unspecified atom stereocenters. The van der Waals surface area contributed by atoms with Crippen LogP contribution in [0.15, 0.2) is 35.3 Å². The number of hydrogen-bond donors (Lipinski definition) is 0. The summed E-state index contributed by atoms with van der Waals surface area (Å²) in [6.07, 6.45) is 3.98. The fraction of sp³-hybridized carbons (Fsp3) is 0.409. The van der Waals surface area contributed by atoms with Gasteiger partial charge in [0.2, 0.25) is 5.91 Å². The number of benzene rings is 1. The van der Waals surface area contributed by atoms with Gasteiger partial charge in [0.05, 0.1) is 29.5 Å². The molecule has 0 aliphatic carbocycles. The van der Waals surface area contributed by atoms with Crippen LogP contribution in [-0.2, 0) is 16.1 Å². The summed E-state index contributed by atoms with van der Waals surface area (Å²) in [6, 6.07) is 7.20. The standard InChI is InChI=1S/C22H26N4O4S/c1-4-6-9-12-25(22-24-15(3)20(31-22)21(29)30-5-2)19(28)14-26-17-11-8-7-10-16(17)23-13-18(26)27/h7-8,10-11,13H,4-6,9,12,14H2,1-3H3. The fourth-order valence-electron chi connectivity index (χ4n) is 3.23. The molecule has 0 N–H and O–H groups in total. The van der Waals surface area contributed by atoms with Crippen LogP contribution in [0.25, 0.3) is 11.0 Å². The number of aromatic nitrogens is 3. The molecular formula is C22H26N4O4S. The molecule has 0 bridgehead atoms. The Bertz CT molecular complexity index is 1140. The van der Waals surface area contributed by atoms with Crippen LogP contribution in [-0.4, -0.2) is 39.6 Å². The van der Waals surface area contributed by atoms with Crippen molar-refractivity contribution in [2.24, 2.45) is 0 Å². The molecule has 9 heteroatoms. The maximum Gasteiger partial charge on any atom is 0.350 e. The van der Waals surface area contributed by atoms with Gasteiger partial charge in [-0.15, -0.1) is 0 Å². The molecule has 0 aliphatic rings. The quantitative estimate of drug-likeness (QED) is 0.371. The molecule has 1 aromatic carbocycles. The minimum absolute atomic E-state index is 0.138. The van der Waals surface area contributed by atoms with Crippen molar-refractivity contribution in [1.29, 1.82) is 0 Å². The number of aryl methyl sites for hydroxylation is 1. The number of thiazole rings is 1. The van der Waals surface area contributed by atoms with Crippen molar-refractivity contribution < 1.29 is 14.3 Å². The molecule has 1 amide bonds. The first-order valence-corrected chi connectivity index (χ1v) is 11.2. The van der Waals surface area contributed by atoms with Gasteiger partial charge in [0.15, 0.2) is 5.13 Å². The van der Waals surface area contributed by atoms with Crippen molar-refractivity contribution in [3.63, 3.8) is 0 Å². The van der Waals surface area contributed by atoms with E-state index in [9.17, 15) is 14.4 Å². The van der Waals surface area contributed by atoms with Crippen molar-refractivity contribution in [3.8, 4) is 0 Å². The van der Waals surface area contributed by atoms with Crippen LogP contribution >= 0.6 is 11.3 Å². The van der Waals surface area contributed by atoms with Gasteiger partial charge in [0.25, 0.3) is 5.56 Å². The first-order valence-electron chi connectivity index (χ1n) is 10.4. The smallest absolute Gasteiger partial charge is 0.350 e. The highest BCUT2D eigenvalue weighted by molar-refractivity contribution is 7.17. The van der Waals surface area contributed by atoms with E-state index < -0.39 is 5.97 Å². The van der Waals surface area contributed by atoms with E-state index in [1.54, 1.807) is 36.9 Å². The second-order valence-electron chi connectivity index (χ2n) is 7.06. The Labute approximate surface area is 184 Å². The summed E-state index contributed by atoms with van der Waals surface area (Å²) in [6.45, 7) is 6.14. The van der Waals surface area contributed by atoms with E-state index >= 15 is 0 Å². The van der Waals surface area contributed by atoms with Gasteiger partial charge in [0, 0.05) is 6.54 Å². The van der Waals surface area contributed by atoms with Crippen LogP contribution in [0.2, 0.25) is 0 Å². The molecule has 31 heavy (non-hydrogen) atoms. The van der Waals surface area contributed by atoms with Gasteiger partial charge in [-0.3, -0.25) is 19.1 Å². The second-order valence-corrected chi connectivity index (χ2v) is 8.03. The van der Waals surface area contributed by atoms with Gasteiger partial charge < -0.3 is 4.74 Å². The number of carbonyl (C=O) groups is 2. The zero-order valence-electron chi connectivity index (χ0n) is 18.0. The van der Waals surface area contributed by atoms with Crippen LogP contribution in [0.5, 0.6) is 0 Å². The Kier molecular flexibility index (Phi) is 7.51. The highest BCUT2D eigenvalue weighted by Crippen LogP contribution is 2.27. The van der Waals surface area contributed by atoms with E-state index in [-0.39, 0.29) is 24.6 Å². The van der Waals surface area contributed by atoms with Gasteiger partial charge in [-0.05, 0) is 32.4 Å². The number of amides is 1. The predicted octanol–water partition coefficient (Wildman–Crippen LogP) is 3.56. The summed E-state index contributed by atoms with van der Waals surface area (Å²) in [5.74, 6) is -0.709. The van der Waals surface area contributed by atoms with Crippen molar-refractivity contribution >= 4 is 39.4 Å². The number of anilines is 1. The number of carbonyl (C=O) groups excluding carboxylic acids is 2. The third kappa shape index (κ3) is 5.16. The van der Waals surface area contributed by atoms with Gasteiger partial charge in [-0.25, -0.2) is 14.8 Å². The Hall–Kier alpha value is -3.07. The van der Waals surface area contributed by atoms with E-state index in [1.165, 1.54) is 10.8 Å². The first kappa shape index (κ1) is 22.6. The van der Waals surface area contributed by atoms with Crippen LogP contribution in [0.4, 0.5) is 5.13 Å². The van der Waals surface area contributed by atoms with Crippen molar-refractivity contribution in [2.75, 3.05) is 18.1 Å². The summed E-state index contributed by atoms with van der Waals surface area (Å²) in [7, 11) is 0. The normalized spacial score (nSPS) is 10.9. The zero-order chi connectivity index (χ0) is 22.4. The van der Waals surface area contributed by atoms with E-state index in [2.05, 4.69) is 16.9 Å². The molecule has 3 aromatic rings. The second kappa shape index (κ2) is 10.3. The third-order valence-corrected chi connectivity index (χ3v) is 5.97. The summed E-state index contributed by atoms with van der Waals surface area (Å²) >= 11 is 1.14. The number of hydrogen-bond acceptors (Lipinski definition) is 7. The van der Waals surface area contributed by atoms with Crippen LogP contribution in [0.3, 0.4) is 0 Å². The number of unbranched alkanes of at least 4 members (excludes halogenated alkanes) is 2. The summed E-state index contributed by atoms with van der Waals surface area (Å²) in [5.41, 5.74) is 1.42. The van der Waals surface area contributed by atoms with Gasteiger partial charge in [-0.2, -0.15) is 0 Å². The fourth-order valence-corrected chi connectivity index (χ4v) is 4.23. The maximum atomic E-state index is 13.3. The van der Waals surface area contributed by atoms with Crippen molar-refractivity contribution in [2.45, 2.75) is 46.6 Å². The molecule has 0 saturated heterocycles. The summed E-state index contributed by atoms with van der Waals surface area (Å²) in [5, 5.41) is 0.438. The molecule has 164 valence electrons. The largest absolute Gasteiger partial charge is 0.462 e. The lowest BCUT2D eigenvalue weighted by Crippen LogP contribution is -2.37. The molecule has 2 heterocycles. The number of fused-ring (bicyclic) bond motifs is 1. The average Bonchev–Trinajstić information content (AvgIpc) is 3.14. The van der Waals surface area contributed by atoms with E-state index in [0.717, 1.165) is 30.6 Å². The number of nitrogens with zero attached hydrogens (tertiary/aromatic N) is 4. The Balaban J connectivity index is 1.94. The van der Waals surface area contributed by atoms with Crippen LogP contribution in [0, 0.1) is 6.92 Å². The van der Waals surface area contributed by atoms with Crippen molar-refractivity contribution in [1.82, 2.24) is 14.5 Å². The number of para-hydroxylation sites is 2. The lowest BCUT2D eigenvalue weighted by atomic mass is 10.2. The van der Waals surface area contributed by atoms with E-state index in [1.807, 2.05) is 6.07 Å². The molecule has 2 aromatic heterocycles. The van der Waals surface area contributed by atoms with Gasteiger partial charge in [0.1, 0.15) is 11.4 Å². The average molecular weight is 443 g/mol. The zero-order valence-corrected chi connectivity index (χ0v) is 18.8. The SMILES string of the molecule is CCCCCN(C(=O)Cn1c(=O)cnc2ccccc21)c1nc(C)c(C(=O)OCC)s1. The topological polar surface area (TPSA) is 94.4 Å². The molecular weight excluding hydrogens is 416 g/mol. The molecule has 0 saturated carbocycles. The lowest BCUT2D eigenvalue weighted by Gasteiger charge is -2.21. The monoisotopic (exact) mass is 442 g/mol. The number of ether oxygens (including phenoxy) is 1. The summed E-state index contributed by atoms with van der Waals surface area (Å²) < 4.78 is 6.52. The molecule has 0 aliphatic heterocycles. The summed E-state index contributed by atoms with van der Waals surface area (Å²) in [4.78, 5) is 48.5. The minimum Gasteiger partial charge on any atom is -0.462 e. The highest BCUT2D eigenvalue weighted by atomic mass is 32.1. The molecule has 0 radical (unpaired) electrons. The van der Waals surface area contributed by atoms with Gasteiger partial charge in [-0.1, -0.05) is 43.2 Å². The lowest BCUT2D eigenvalue weighted by molar-refractivity contribution is -0.119. The molecule has 0 spiro atoms. The van der Waals surface area contributed by atoms with E-state index in [0.29, 0.717) is 33.3 Å². The van der Waals surface area contributed by atoms with Crippen LogP contribution < -0.4 is 10.5 Å². The van der Waals surface area contributed by atoms with Crippen molar-refractivity contribution in [3.05, 3.63) is 51.4 Å². The van der Waals surface area contributed by atoms with Crippen LogP contribution in [0.1, 0.15) is 48.5 Å². The predicted molar refractivity (Wildman–Crippen MR) is 121 cm³/mol. The number of rotatable bonds is 9. The molecule has 8 nitrogen and oxygen atoms in total. The molecule has 0 atom stereocenters. The number of esters is 1. The molecule has 3 rings (SSSR count). The molecule has 0 fully saturated rings. The maximum absolute atomic E-state index is 13.3.